The number of methoxy groups -OCH3 is 2. The third kappa shape index (κ3) is 5.15. The first-order valence-electron chi connectivity index (χ1n) is 16.1. The Morgan fingerprint density at radius 1 is 1.04 bits per heavy atom. The number of aromatic hydroxyl groups is 1. The van der Waals surface area contributed by atoms with Crippen LogP contribution in [0.3, 0.4) is 0 Å². The van der Waals surface area contributed by atoms with Crippen molar-refractivity contribution >= 4 is 17.5 Å². The van der Waals surface area contributed by atoms with Crippen molar-refractivity contribution in [3.05, 3.63) is 69.7 Å². The number of ketones is 2. The number of Topliss-reactive ketones (excluding diaryl/α,β-unsaturated/α-hetero) is 2. The molecule has 0 saturated heterocycles. The summed E-state index contributed by atoms with van der Waals surface area (Å²) in [6.07, 6.45) is 3.88. The average molecular weight is 657 g/mol. The second-order valence-electron chi connectivity index (χ2n) is 13.3. The van der Waals surface area contributed by atoms with Gasteiger partial charge in [-0.25, -0.2) is 0 Å². The van der Waals surface area contributed by atoms with Gasteiger partial charge < -0.3 is 35.6 Å². The zero-order valence-electron chi connectivity index (χ0n) is 27.4. The summed E-state index contributed by atoms with van der Waals surface area (Å²) >= 11 is 0. The minimum atomic E-state index is -2.71. The third-order valence-electron chi connectivity index (χ3n) is 10.5. The molecule has 2 aromatic rings. The molecular formula is C37H40N2O9. The molecule has 6 rings (SSSR count). The normalized spacial score (nSPS) is 28.3. The maximum atomic E-state index is 14.5. The van der Waals surface area contributed by atoms with Gasteiger partial charge in [0.1, 0.15) is 28.6 Å². The number of amides is 1. The van der Waals surface area contributed by atoms with Gasteiger partial charge in [0.25, 0.3) is 5.91 Å². The van der Waals surface area contributed by atoms with Crippen molar-refractivity contribution in [1.29, 1.82) is 0 Å². The third-order valence-corrected chi connectivity index (χ3v) is 10.5. The number of nitrogens with two attached hydrogens (primary N) is 1. The van der Waals surface area contributed by atoms with Gasteiger partial charge in [0.05, 0.1) is 24.8 Å². The van der Waals surface area contributed by atoms with E-state index in [0.29, 0.717) is 28.0 Å². The predicted molar refractivity (Wildman–Crippen MR) is 175 cm³/mol. The van der Waals surface area contributed by atoms with Crippen LogP contribution in [0.4, 0.5) is 0 Å². The van der Waals surface area contributed by atoms with E-state index < -0.39 is 58.0 Å². The van der Waals surface area contributed by atoms with Gasteiger partial charge in [-0.05, 0) is 87.9 Å². The first-order valence-corrected chi connectivity index (χ1v) is 16.1. The topological polar surface area (TPSA) is 180 Å². The Balaban J connectivity index is 1.52. The first kappa shape index (κ1) is 33.3. The Labute approximate surface area is 278 Å². The number of nitrogens with zero attached hydrogens (tertiary/aromatic N) is 1. The second-order valence-corrected chi connectivity index (χ2v) is 13.3. The number of allylic oxidation sites excluding steroid dienone is 1. The molecule has 1 fully saturated rings. The van der Waals surface area contributed by atoms with Crippen molar-refractivity contribution in [2.75, 3.05) is 28.3 Å². The van der Waals surface area contributed by atoms with Gasteiger partial charge in [-0.3, -0.25) is 19.3 Å². The van der Waals surface area contributed by atoms with Crippen LogP contribution in [0.25, 0.3) is 11.1 Å². The number of benzene rings is 2. The number of carbonyl (C=O) groups excluding carboxylic acids is 3. The van der Waals surface area contributed by atoms with Gasteiger partial charge >= 0.3 is 0 Å². The molecule has 4 aliphatic carbocycles. The van der Waals surface area contributed by atoms with Crippen LogP contribution in [0.15, 0.2) is 53.0 Å². The highest BCUT2D eigenvalue weighted by atomic mass is 16.5. The molecule has 0 aliphatic heterocycles. The van der Waals surface area contributed by atoms with E-state index >= 15 is 0 Å². The van der Waals surface area contributed by atoms with Crippen LogP contribution in [0.1, 0.15) is 53.6 Å². The molecule has 6 N–H and O–H groups in total. The van der Waals surface area contributed by atoms with Crippen molar-refractivity contribution in [2.45, 2.75) is 56.3 Å². The monoisotopic (exact) mass is 656 g/mol. The number of fused-ring (bicyclic) bond motifs is 3. The van der Waals surface area contributed by atoms with E-state index in [4.69, 9.17) is 15.2 Å². The lowest BCUT2D eigenvalue weighted by atomic mass is 9.58. The molecule has 0 spiro atoms. The van der Waals surface area contributed by atoms with Crippen molar-refractivity contribution in [2.24, 2.45) is 23.5 Å². The maximum absolute atomic E-state index is 14.5. The molecule has 11 heteroatoms. The van der Waals surface area contributed by atoms with Gasteiger partial charge in [0, 0.05) is 35.6 Å². The van der Waals surface area contributed by atoms with E-state index in [1.807, 2.05) is 0 Å². The molecule has 11 nitrogen and oxygen atoms in total. The van der Waals surface area contributed by atoms with Gasteiger partial charge in [-0.15, -0.1) is 0 Å². The van der Waals surface area contributed by atoms with Crippen LogP contribution in [-0.2, 0) is 20.7 Å². The van der Waals surface area contributed by atoms with E-state index in [0.717, 1.165) is 25.7 Å². The van der Waals surface area contributed by atoms with Gasteiger partial charge in [0.15, 0.2) is 11.4 Å². The van der Waals surface area contributed by atoms with Crippen molar-refractivity contribution in [3.8, 4) is 34.5 Å². The van der Waals surface area contributed by atoms with E-state index in [1.54, 1.807) is 58.6 Å². The molecule has 0 aromatic heterocycles. The van der Waals surface area contributed by atoms with Gasteiger partial charge in [0.2, 0.25) is 5.78 Å². The molecule has 252 valence electrons. The Morgan fingerprint density at radius 2 is 1.71 bits per heavy atom. The first-order chi connectivity index (χ1) is 22.8. The molecule has 0 radical (unpaired) electrons. The molecule has 48 heavy (non-hydrogen) atoms. The number of hydrogen-bond acceptors (Lipinski definition) is 10. The minimum absolute atomic E-state index is 0.000650. The second kappa shape index (κ2) is 12.4. The fourth-order valence-electron chi connectivity index (χ4n) is 8.04. The summed E-state index contributed by atoms with van der Waals surface area (Å²) in [6, 6.07) is 7.65. The standard InChI is InChI=1S/C37H40N2O9/c1-39(2)30-26-17-21-16-24-20(8-5-18-6-11-22(47-3)12-7-18)15-25(19-9-13-23(48-4)14-10-19)31(40)28(24)32(41)27(21)34(43)37(26,46)35(44)29(33(30)42)36(38)45/h9-10,13-15,18,21-22,26,30,40,42-43,46H,6-7,11-12,16-17H2,1-4H3,(H2,38,45)/t18?,21-,22?,26-,30-,37-/m0/s1. The van der Waals surface area contributed by atoms with Crippen LogP contribution in [0.2, 0.25) is 0 Å². The maximum Gasteiger partial charge on any atom is 0.255 e. The number of ether oxygens (including phenoxy) is 2. The summed E-state index contributed by atoms with van der Waals surface area (Å²) < 4.78 is 10.8. The van der Waals surface area contributed by atoms with Crippen LogP contribution < -0.4 is 10.5 Å². The van der Waals surface area contributed by atoms with Crippen LogP contribution in [-0.4, -0.2) is 88.9 Å². The van der Waals surface area contributed by atoms with Gasteiger partial charge in [-0.2, -0.15) is 0 Å². The molecule has 0 heterocycles. The largest absolute Gasteiger partial charge is 0.510 e. The van der Waals surface area contributed by atoms with Crippen molar-refractivity contribution in [1.82, 2.24) is 4.90 Å². The molecule has 1 amide bonds. The number of likely N-dealkylation sites (N-methyl/N-ethyl adjacent to an activating group) is 1. The summed E-state index contributed by atoms with van der Waals surface area (Å²) in [7, 11) is 6.44. The lowest BCUT2D eigenvalue weighted by Crippen LogP contribution is -2.63. The smallest absolute Gasteiger partial charge is 0.255 e. The summed E-state index contributed by atoms with van der Waals surface area (Å²) in [5, 5.41) is 46.4. The summed E-state index contributed by atoms with van der Waals surface area (Å²) in [6.45, 7) is 0. The lowest BCUT2D eigenvalue weighted by molar-refractivity contribution is -0.148. The number of phenolic OH excluding ortho intramolecular Hbond substituents is 1. The summed E-state index contributed by atoms with van der Waals surface area (Å²) in [5.74, 6) is 0.498. The quantitative estimate of drug-likeness (QED) is 0.237. The Morgan fingerprint density at radius 3 is 2.29 bits per heavy atom. The molecule has 1 saturated carbocycles. The minimum Gasteiger partial charge on any atom is -0.510 e. The molecule has 0 bridgehead atoms. The van der Waals surface area contributed by atoms with Crippen LogP contribution in [0.5, 0.6) is 11.5 Å². The highest BCUT2D eigenvalue weighted by Crippen LogP contribution is 2.53. The summed E-state index contributed by atoms with van der Waals surface area (Å²) in [4.78, 5) is 41.9. The highest BCUT2D eigenvalue weighted by Gasteiger charge is 2.63. The molecular weight excluding hydrogens is 616 g/mol. The fourth-order valence-corrected chi connectivity index (χ4v) is 8.04. The number of carbonyl (C=O) groups is 3. The molecule has 0 unspecified atom stereocenters. The van der Waals surface area contributed by atoms with Crippen LogP contribution >= 0.6 is 0 Å². The number of hydrogen-bond donors (Lipinski definition) is 5. The van der Waals surface area contributed by atoms with Crippen molar-refractivity contribution < 1.29 is 44.3 Å². The number of aliphatic hydroxyl groups is 3. The average Bonchev–Trinajstić information content (AvgIpc) is 3.06. The number of phenols is 1. The van der Waals surface area contributed by atoms with E-state index in [-0.39, 0.29) is 41.7 Å². The number of rotatable bonds is 5. The number of aliphatic hydroxyl groups excluding tert-OH is 2. The fraction of sp³-hybridized carbons (Fsp3) is 0.432. The molecule has 4 atom stereocenters. The zero-order chi connectivity index (χ0) is 34.7. The predicted octanol–water partition coefficient (Wildman–Crippen LogP) is 3.35. The Hall–Kier alpha value is -4.63. The van der Waals surface area contributed by atoms with Crippen LogP contribution in [0, 0.1) is 29.6 Å². The molecule has 4 aliphatic rings. The van der Waals surface area contributed by atoms with Gasteiger partial charge in [-0.1, -0.05) is 24.0 Å². The molecule has 2 aromatic carbocycles. The van der Waals surface area contributed by atoms with E-state index in [1.165, 1.54) is 4.90 Å². The van der Waals surface area contributed by atoms with E-state index in [9.17, 15) is 34.8 Å². The lowest BCUT2D eigenvalue weighted by Gasteiger charge is -2.50. The summed E-state index contributed by atoms with van der Waals surface area (Å²) in [5.41, 5.74) is 3.60. The number of primary amides is 1. The Bertz CT molecular complexity index is 1820. The van der Waals surface area contributed by atoms with E-state index in [2.05, 4.69) is 11.8 Å². The SMILES string of the molecule is COc1ccc(-c2cc(C#CC3CCC(OC)CC3)c3c(c2O)C(=O)C2=C(O)[C@]4(O)C(=O)C(C(N)=O)=C(O)[C@@H](N(C)C)[C@@H]4C[C@@H]2C3)cc1. The highest BCUT2D eigenvalue weighted by molar-refractivity contribution is 6.25. The van der Waals surface area contributed by atoms with Crippen molar-refractivity contribution in [3.63, 3.8) is 0 Å². The Kier molecular flexibility index (Phi) is 8.62. The zero-order valence-corrected chi connectivity index (χ0v) is 27.4.